The average molecular weight is 284 g/mol. The average Bonchev–Trinajstić information content (AvgIpc) is 2.47. The Labute approximate surface area is 122 Å². The minimum absolute atomic E-state index is 0.0199. The Morgan fingerprint density at radius 1 is 1.19 bits per heavy atom. The molecule has 2 aromatic rings. The molecule has 0 saturated heterocycles. The molecule has 21 heavy (non-hydrogen) atoms. The van der Waals surface area contributed by atoms with Gasteiger partial charge in [-0.25, -0.2) is 0 Å². The first-order chi connectivity index (χ1) is 10.0. The van der Waals surface area contributed by atoms with E-state index in [0.717, 1.165) is 5.69 Å². The molecule has 1 heterocycles. The van der Waals surface area contributed by atoms with Gasteiger partial charge < -0.3 is 16.3 Å². The van der Waals surface area contributed by atoms with E-state index in [9.17, 15) is 4.79 Å². The van der Waals surface area contributed by atoms with Gasteiger partial charge in [-0.15, -0.1) is 0 Å². The van der Waals surface area contributed by atoms with Gasteiger partial charge in [-0.2, -0.15) is 0 Å². The van der Waals surface area contributed by atoms with Crippen molar-refractivity contribution in [3.63, 3.8) is 0 Å². The fourth-order valence-corrected chi connectivity index (χ4v) is 1.91. The number of carbonyl (C=O) groups excluding carboxylic acids is 1. The van der Waals surface area contributed by atoms with Crippen LogP contribution in [-0.4, -0.2) is 21.9 Å². The number of hydrogen-bond acceptors (Lipinski definition) is 4. The molecule has 0 radical (unpaired) electrons. The van der Waals surface area contributed by atoms with Gasteiger partial charge >= 0.3 is 0 Å². The number of benzene rings is 1. The minimum atomic E-state index is -0.225. The molecule has 0 aliphatic rings. The molecule has 0 fully saturated rings. The van der Waals surface area contributed by atoms with E-state index in [1.807, 2.05) is 6.92 Å². The number of nitrogens with two attached hydrogens (primary N) is 1. The van der Waals surface area contributed by atoms with Gasteiger partial charge in [0.05, 0.1) is 11.3 Å². The number of anilines is 1. The molecule has 4 N–H and O–H groups in total. The number of carbonyl (C=O) groups is 1. The molecule has 0 saturated carbocycles. The van der Waals surface area contributed by atoms with Crippen LogP contribution in [0.4, 0.5) is 5.69 Å². The number of amides is 1. The van der Waals surface area contributed by atoms with Crippen molar-refractivity contribution < 1.29 is 10.0 Å². The van der Waals surface area contributed by atoms with E-state index >= 15 is 0 Å². The maximum atomic E-state index is 12.2. The van der Waals surface area contributed by atoms with Crippen molar-refractivity contribution in [1.82, 2.24) is 4.98 Å². The van der Waals surface area contributed by atoms with Crippen LogP contribution >= 0.6 is 0 Å². The number of nitrogens with zero attached hydrogens (tertiary/aromatic N) is 2. The molecular formula is C15H16N4O2. The molecule has 108 valence electrons. The first-order valence-corrected chi connectivity index (χ1v) is 6.35. The highest BCUT2D eigenvalue weighted by Gasteiger charge is 2.10. The Morgan fingerprint density at radius 2 is 1.86 bits per heavy atom. The zero-order valence-electron chi connectivity index (χ0n) is 11.8. The van der Waals surface area contributed by atoms with Crippen LogP contribution in [0.25, 0.3) is 0 Å². The maximum absolute atomic E-state index is 12.2. The Hall–Kier alpha value is -2.89. The summed E-state index contributed by atoms with van der Waals surface area (Å²) in [7, 11) is 0. The molecule has 0 spiro atoms. The van der Waals surface area contributed by atoms with Gasteiger partial charge in [0, 0.05) is 16.9 Å². The first kappa shape index (κ1) is 14.5. The molecule has 1 aromatic heterocycles. The van der Waals surface area contributed by atoms with Gasteiger partial charge in [0.2, 0.25) is 0 Å². The van der Waals surface area contributed by atoms with Crippen molar-refractivity contribution in [1.29, 1.82) is 0 Å². The predicted octanol–water partition coefficient (Wildman–Crippen LogP) is 2.05. The number of rotatable bonds is 3. The zero-order valence-corrected chi connectivity index (χ0v) is 11.8. The van der Waals surface area contributed by atoms with Gasteiger partial charge in [0.15, 0.2) is 5.84 Å². The third kappa shape index (κ3) is 3.36. The highest BCUT2D eigenvalue weighted by atomic mass is 16.4. The summed E-state index contributed by atoms with van der Waals surface area (Å²) in [4.78, 5) is 16.4. The third-order valence-electron chi connectivity index (χ3n) is 3.02. The second-order valence-corrected chi connectivity index (χ2v) is 4.60. The van der Waals surface area contributed by atoms with Crippen LogP contribution in [-0.2, 0) is 0 Å². The minimum Gasteiger partial charge on any atom is -0.409 e. The Kier molecular flexibility index (Phi) is 4.18. The summed E-state index contributed by atoms with van der Waals surface area (Å²) in [6.07, 6.45) is 0. The number of pyridine rings is 1. The standard InChI is InChI=1S/C15H16N4O2/c1-9-3-8-13(10(2)17-9)15(20)18-12-6-4-11(5-7-12)14(16)19-21/h3-8,21H,1-2H3,(H2,16,19)(H,18,20). The number of aryl methyl sites for hydroxylation is 2. The first-order valence-electron chi connectivity index (χ1n) is 6.35. The molecule has 0 unspecified atom stereocenters. The van der Waals surface area contributed by atoms with Crippen molar-refractivity contribution in [3.05, 3.63) is 58.9 Å². The van der Waals surface area contributed by atoms with Crippen LogP contribution < -0.4 is 11.1 Å². The summed E-state index contributed by atoms with van der Waals surface area (Å²) in [6, 6.07) is 10.2. The monoisotopic (exact) mass is 284 g/mol. The molecule has 1 amide bonds. The quantitative estimate of drug-likeness (QED) is 0.347. The summed E-state index contributed by atoms with van der Waals surface area (Å²) in [5.41, 5.74) is 8.75. The number of oxime groups is 1. The van der Waals surface area contributed by atoms with E-state index in [4.69, 9.17) is 10.9 Å². The number of amidine groups is 1. The molecule has 0 bridgehead atoms. The van der Waals surface area contributed by atoms with Crippen LogP contribution in [0.2, 0.25) is 0 Å². The van der Waals surface area contributed by atoms with E-state index in [-0.39, 0.29) is 11.7 Å². The Morgan fingerprint density at radius 3 is 2.43 bits per heavy atom. The van der Waals surface area contributed by atoms with E-state index < -0.39 is 0 Å². The lowest BCUT2D eigenvalue weighted by molar-refractivity contribution is 0.102. The van der Waals surface area contributed by atoms with Crippen molar-refractivity contribution in [2.24, 2.45) is 10.9 Å². The van der Waals surface area contributed by atoms with Crippen molar-refractivity contribution >= 4 is 17.4 Å². The van der Waals surface area contributed by atoms with Gasteiger partial charge in [0.25, 0.3) is 5.91 Å². The highest BCUT2D eigenvalue weighted by Crippen LogP contribution is 2.13. The van der Waals surface area contributed by atoms with Crippen LogP contribution in [0.5, 0.6) is 0 Å². The lowest BCUT2D eigenvalue weighted by atomic mass is 10.1. The zero-order chi connectivity index (χ0) is 15.4. The normalized spacial score (nSPS) is 11.2. The lowest BCUT2D eigenvalue weighted by Crippen LogP contribution is -2.15. The summed E-state index contributed by atoms with van der Waals surface area (Å²) in [5.74, 6) is -0.206. The SMILES string of the molecule is Cc1ccc(C(=O)Nc2ccc(C(N)=NO)cc2)c(C)n1. The highest BCUT2D eigenvalue weighted by molar-refractivity contribution is 6.05. The smallest absolute Gasteiger partial charge is 0.257 e. The molecule has 0 atom stereocenters. The second-order valence-electron chi connectivity index (χ2n) is 4.60. The molecule has 1 aromatic carbocycles. The van der Waals surface area contributed by atoms with E-state index in [1.54, 1.807) is 43.3 Å². The van der Waals surface area contributed by atoms with Gasteiger partial charge in [-0.05, 0) is 50.2 Å². The largest absolute Gasteiger partial charge is 0.409 e. The van der Waals surface area contributed by atoms with E-state index in [0.29, 0.717) is 22.5 Å². The van der Waals surface area contributed by atoms with Gasteiger partial charge in [0.1, 0.15) is 0 Å². The fourth-order valence-electron chi connectivity index (χ4n) is 1.91. The Balaban J connectivity index is 2.16. The predicted molar refractivity (Wildman–Crippen MR) is 80.6 cm³/mol. The second kappa shape index (κ2) is 6.04. The van der Waals surface area contributed by atoms with Crippen LogP contribution in [0.15, 0.2) is 41.6 Å². The molecule has 6 heteroatoms. The van der Waals surface area contributed by atoms with Crippen LogP contribution in [0, 0.1) is 13.8 Å². The van der Waals surface area contributed by atoms with Crippen molar-refractivity contribution in [2.45, 2.75) is 13.8 Å². The molecule has 6 nitrogen and oxygen atoms in total. The molecule has 0 aliphatic carbocycles. The Bertz CT molecular complexity index is 693. The summed E-state index contributed by atoms with van der Waals surface area (Å²) in [6.45, 7) is 3.67. The number of aromatic nitrogens is 1. The fraction of sp³-hybridized carbons (Fsp3) is 0.133. The number of hydrogen-bond donors (Lipinski definition) is 3. The third-order valence-corrected chi connectivity index (χ3v) is 3.02. The van der Waals surface area contributed by atoms with E-state index in [1.165, 1.54) is 0 Å². The van der Waals surface area contributed by atoms with Crippen molar-refractivity contribution in [3.8, 4) is 0 Å². The van der Waals surface area contributed by atoms with Crippen molar-refractivity contribution in [2.75, 3.05) is 5.32 Å². The van der Waals surface area contributed by atoms with Crippen LogP contribution in [0.1, 0.15) is 27.3 Å². The summed E-state index contributed by atoms with van der Waals surface area (Å²) in [5, 5.41) is 14.3. The van der Waals surface area contributed by atoms with Gasteiger partial charge in [-0.3, -0.25) is 9.78 Å². The lowest BCUT2D eigenvalue weighted by Gasteiger charge is -2.08. The topological polar surface area (TPSA) is 101 Å². The summed E-state index contributed by atoms with van der Waals surface area (Å²) < 4.78 is 0. The maximum Gasteiger partial charge on any atom is 0.257 e. The molecule has 2 rings (SSSR count). The summed E-state index contributed by atoms with van der Waals surface area (Å²) >= 11 is 0. The van der Waals surface area contributed by atoms with E-state index in [2.05, 4.69) is 15.5 Å². The number of nitrogens with one attached hydrogen (secondary N) is 1. The van der Waals surface area contributed by atoms with Gasteiger partial charge in [-0.1, -0.05) is 5.16 Å². The van der Waals surface area contributed by atoms with Crippen LogP contribution in [0.3, 0.4) is 0 Å². The molecule has 0 aliphatic heterocycles. The molecular weight excluding hydrogens is 268 g/mol.